The predicted octanol–water partition coefficient (Wildman–Crippen LogP) is 2.64. The summed E-state index contributed by atoms with van der Waals surface area (Å²) < 4.78 is 24.1. The fourth-order valence-electron chi connectivity index (χ4n) is 2.44. The van der Waals surface area contributed by atoms with E-state index in [4.69, 9.17) is 0 Å². The summed E-state index contributed by atoms with van der Waals surface area (Å²) in [4.78, 5) is 24.1. The molecule has 0 spiro atoms. The number of nitrogens with one attached hydrogen (secondary N) is 2. The van der Waals surface area contributed by atoms with Gasteiger partial charge < -0.3 is 10.6 Å². The number of sulfone groups is 1. The fraction of sp³-hybridized carbons (Fsp3) is 0.111. The minimum absolute atomic E-state index is 0.0647. The molecule has 0 bridgehead atoms. The van der Waals surface area contributed by atoms with Gasteiger partial charge in [-0.3, -0.25) is 9.78 Å². The fourth-order valence-corrected chi connectivity index (χ4v) is 3.23. The molecule has 9 heteroatoms. The Labute approximate surface area is 156 Å². The summed E-state index contributed by atoms with van der Waals surface area (Å²) in [5.41, 5.74) is 1.78. The molecule has 0 aliphatic carbocycles. The van der Waals surface area contributed by atoms with Gasteiger partial charge in [-0.15, -0.1) is 0 Å². The van der Waals surface area contributed by atoms with Crippen LogP contribution in [-0.4, -0.2) is 35.5 Å². The van der Waals surface area contributed by atoms with Gasteiger partial charge in [-0.05, 0) is 24.3 Å². The molecule has 0 atom stereocenters. The monoisotopic (exact) mass is 383 g/mol. The van der Waals surface area contributed by atoms with Crippen LogP contribution in [0.25, 0.3) is 11.3 Å². The quantitative estimate of drug-likeness (QED) is 0.696. The van der Waals surface area contributed by atoms with Crippen molar-refractivity contribution in [2.24, 2.45) is 0 Å². The van der Waals surface area contributed by atoms with E-state index in [0.717, 1.165) is 6.26 Å². The normalized spacial score (nSPS) is 11.0. The van der Waals surface area contributed by atoms with Gasteiger partial charge in [0, 0.05) is 43.4 Å². The van der Waals surface area contributed by atoms with E-state index in [1.807, 2.05) is 6.07 Å². The lowest BCUT2D eigenvalue weighted by Crippen LogP contribution is -2.09. The van der Waals surface area contributed by atoms with Gasteiger partial charge in [0.2, 0.25) is 5.91 Å². The Morgan fingerprint density at radius 3 is 2.48 bits per heavy atom. The third-order valence-corrected chi connectivity index (χ3v) is 4.70. The van der Waals surface area contributed by atoms with Crippen LogP contribution in [0.4, 0.5) is 17.3 Å². The Morgan fingerprint density at radius 1 is 1.04 bits per heavy atom. The van der Waals surface area contributed by atoms with Crippen LogP contribution < -0.4 is 10.6 Å². The summed E-state index contributed by atoms with van der Waals surface area (Å²) in [6.45, 7) is 1.38. The van der Waals surface area contributed by atoms with Crippen LogP contribution in [0.3, 0.4) is 0 Å². The summed E-state index contributed by atoms with van der Waals surface area (Å²) in [5, 5.41) is 5.64. The van der Waals surface area contributed by atoms with E-state index in [9.17, 15) is 13.2 Å². The van der Waals surface area contributed by atoms with E-state index in [-0.39, 0.29) is 16.6 Å². The molecule has 3 rings (SSSR count). The highest BCUT2D eigenvalue weighted by molar-refractivity contribution is 7.90. The van der Waals surface area contributed by atoms with Crippen molar-refractivity contribution in [1.29, 1.82) is 0 Å². The Balaban J connectivity index is 2.12. The number of amides is 1. The maximum absolute atomic E-state index is 12.0. The molecule has 2 N–H and O–H groups in total. The minimum Gasteiger partial charge on any atom is -0.338 e. The molecule has 0 unspecified atom stereocenters. The number of rotatable bonds is 5. The highest BCUT2D eigenvalue weighted by atomic mass is 32.2. The van der Waals surface area contributed by atoms with Crippen molar-refractivity contribution < 1.29 is 13.2 Å². The van der Waals surface area contributed by atoms with E-state index in [2.05, 4.69) is 25.6 Å². The molecule has 8 nitrogen and oxygen atoms in total. The van der Waals surface area contributed by atoms with Crippen LogP contribution in [0.2, 0.25) is 0 Å². The molecular formula is C18H17N5O3S. The van der Waals surface area contributed by atoms with E-state index in [1.165, 1.54) is 19.2 Å². The van der Waals surface area contributed by atoms with E-state index >= 15 is 0 Å². The number of nitrogens with zero attached hydrogens (tertiary/aromatic N) is 3. The number of carbonyl (C=O) groups is 1. The zero-order valence-electron chi connectivity index (χ0n) is 14.7. The SMILES string of the molecule is CC(=O)Nc1cc(Nc2ncccc2S(C)(=O)=O)c(-c2ccccn2)cn1. The average Bonchev–Trinajstić information content (AvgIpc) is 2.62. The summed E-state index contributed by atoms with van der Waals surface area (Å²) in [6, 6.07) is 10.0. The molecule has 3 heterocycles. The third kappa shape index (κ3) is 4.45. The number of hydrogen-bond donors (Lipinski definition) is 2. The maximum atomic E-state index is 12.0. The third-order valence-electron chi connectivity index (χ3n) is 3.57. The summed E-state index contributed by atoms with van der Waals surface area (Å²) in [7, 11) is -3.49. The lowest BCUT2D eigenvalue weighted by Gasteiger charge is -2.14. The van der Waals surface area contributed by atoms with E-state index in [0.29, 0.717) is 22.8 Å². The molecule has 0 saturated carbocycles. The van der Waals surface area contributed by atoms with E-state index in [1.54, 1.807) is 36.7 Å². The number of aromatic nitrogens is 3. The molecule has 0 aliphatic heterocycles. The molecule has 27 heavy (non-hydrogen) atoms. The number of carbonyl (C=O) groups excluding carboxylic acids is 1. The second kappa shape index (κ2) is 7.50. The first-order valence-electron chi connectivity index (χ1n) is 7.96. The van der Waals surface area contributed by atoms with Crippen molar-refractivity contribution in [2.45, 2.75) is 11.8 Å². The van der Waals surface area contributed by atoms with Gasteiger partial charge in [0.1, 0.15) is 16.5 Å². The van der Waals surface area contributed by atoms with E-state index < -0.39 is 9.84 Å². The Hall–Kier alpha value is -3.33. The number of hydrogen-bond acceptors (Lipinski definition) is 7. The van der Waals surface area contributed by atoms with Gasteiger partial charge in [0.25, 0.3) is 0 Å². The van der Waals surface area contributed by atoms with Crippen molar-refractivity contribution in [1.82, 2.24) is 15.0 Å². The highest BCUT2D eigenvalue weighted by Gasteiger charge is 2.17. The van der Waals surface area contributed by atoms with Gasteiger partial charge >= 0.3 is 0 Å². The molecule has 3 aromatic rings. The topological polar surface area (TPSA) is 114 Å². The molecule has 138 valence electrons. The Kier molecular flexibility index (Phi) is 5.13. The molecular weight excluding hydrogens is 366 g/mol. The first-order valence-corrected chi connectivity index (χ1v) is 9.85. The largest absolute Gasteiger partial charge is 0.338 e. The first-order chi connectivity index (χ1) is 12.8. The second-order valence-corrected chi connectivity index (χ2v) is 7.74. The van der Waals surface area contributed by atoms with Crippen LogP contribution in [-0.2, 0) is 14.6 Å². The summed E-state index contributed by atoms with van der Waals surface area (Å²) >= 11 is 0. The second-order valence-electron chi connectivity index (χ2n) is 5.76. The minimum atomic E-state index is -3.49. The van der Waals surface area contributed by atoms with Crippen LogP contribution in [0.15, 0.2) is 59.9 Å². The van der Waals surface area contributed by atoms with Crippen LogP contribution in [0.5, 0.6) is 0 Å². The van der Waals surface area contributed by atoms with Gasteiger partial charge in [0.05, 0.1) is 11.4 Å². The van der Waals surface area contributed by atoms with Gasteiger partial charge in [-0.25, -0.2) is 18.4 Å². The molecule has 0 aromatic carbocycles. The van der Waals surface area contributed by atoms with Crippen molar-refractivity contribution >= 4 is 33.1 Å². The van der Waals surface area contributed by atoms with Crippen LogP contribution in [0, 0.1) is 0 Å². The first kappa shape index (κ1) is 18.5. The standard InChI is InChI=1S/C18H17N5O3S/c1-12(24)22-17-10-15(13(11-21-17)14-6-3-4-8-19-14)23-18-16(27(2,25)26)7-5-9-20-18/h3-11H,1-2H3,(H2,20,21,22,23,24). The zero-order valence-corrected chi connectivity index (χ0v) is 15.5. The van der Waals surface area contributed by atoms with Gasteiger partial charge in [-0.2, -0.15) is 0 Å². The van der Waals surface area contributed by atoms with Gasteiger partial charge in [-0.1, -0.05) is 6.07 Å². The Morgan fingerprint density at radius 2 is 1.81 bits per heavy atom. The van der Waals surface area contributed by atoms with Crippen molar-refractivity contribution in [3.05, 3.63) is 55.0 Å². The molecule has 0 saturated heterocycles. The molecule has 0 radical (unpaired) electrons. The maximum Gasteiger partial charge on any atom is 0.222 e. The van der Waals surface area contributed by atoms with Crippen molar-refractivity contribution in [3.8, 4) is 11.3 Å². The number of pyridine rings is 3. The van der Waals surface area contributed by atoms with Gasteiger partial charge in [0.15, 0.2) is 9.84 Å². The Bertz CT molecular complexity index is 1090. The molecule has 1 amide bonds. The lowest BCUT2D eigenvalue weighted by atomic mass is 10.1. The van der Waals surface area contributed by atoms with Crippen LogP contribution in [0.1, 0.15) is 6.92 Å². The smallest absolute Gasteiger partial charge is 0.222 e. The van der Waals surface area contributed by atoms with Crippen molar-refractivity contribution in [2.75, 3.05) is 16.9 Å². The summed E-state index contributed by atoms with van der Waals surface area (Å²) in [6.07, 6.45) is 5.81. The highest BCUT2D eigenvalue weighted by Crippen LogP contribution is 2.31. The molecule has 0 aliphatic rings. The average molecular weight is 383 g/mol. The van der Waals surface area contributed by atoms with Crippen molar-refractivity contribution in [3.63, 3.8) is 0 Å². The predicted molar refractivity (Wildman–Crippen MR) is 102 cm³/mol. The lowest BCUT2D eigenvalue weighted by molar-refractivity contribution is -0.114. The summed E-state index contributed by atoms with van der Waals surface area (Å²) in [5.74, 6) is 0.229. The number of anilines is 3. The molecule has 0 fully saturated rings. The zero-order chi connectivity index (χ0) is 19.4. The molecule has 3 aromatic heterocycles. The van der Waals surface area contributed by atoms with Crippen LogP contribution >= 0.6 is 0 Å².